The number of rotatable bonds is 4. The van der Waals surface area contributed by atoms with E-state index >= 15 is 0 Å². The third kappa shape index (κ3) is 3.88. The van der Waals surface area contributed by atoms with Crippen LogP contribution in [0, 0.1) is 11.8 Å². The van der Waals surface area contributed by atoms with Crippen LogP contribution in [0.2, 0.25) is 10.0 Å². The van der Waals surface area contributed by atoms with Crippen molar-refractivity contribution in [1.82, 2.24) is 5.32 Å². The highest BCUT2D eigenvalue weighted by Gasteiger charge is 2.17. The van der Waals surface area contributed by atoms with Gasteiger partial charge in [0.05, 0.1) is 0 Å². The fourth-order valence-corrected chi connectivity index (χ4v) is 3.17. The normalized spacial score (nSPS) is 24.2. The first kappa shape index (κ1) is 14.2. The lowest BCUT2D eigenvalue weighted by Gasteiger charge is -2.26. The minimum absolute atomic E-state index is 0.757. The van der Waals surface area contributed by atoms with Gasteiger partial charge >= 0.3 is 0 Å². The molecule has 0 spiro atoms. The van der Waals surface area contributed by atoms with E-state index in [-0.39, 0.29) is 0 Å². The minimum Gasteiger partial charge on any atom is -0.312 e. The number of halogens is 2. The summed E-state index contributed by atoms with van der Waals surface area (Å²) in [6, 6.07) is 5.68. The average Bonchev–Trinajstić information content (AvgIpc) is 2.35. The van der Waals surface area contributed by atoms with Gasteiger partial charge in [0.15, 0.2) is 0 Å². The molecule has 0 radical (unpaired) electrons. The lowest BCUT2D eigenvalue weighted by molar-refractivity contribution is 0.281. The number of benzene rings is 1. The Morgan fingerprint density at radius 1 is 1.11 bits per heavy atom. The van der Waals surface area contributed by atoms with Crippen molar-refractivity contribution in [2.75, 3.05) is 6.54 Å². The Balaban J connectivity index is 1.78. The molecule has 1 N–H and O–H groups in total. The molecule has 0 unspecified atom stereocenters. The predicted molar refractivity (Wildman–Crippen MR) is 79.3 cm³/mol. The van der Waals surface area contributed by atoms with Crippen molar-refractivity contribution < 1.29 is 0 Å². The molecule has 3 heteroatoms. The van der Waals surface area contributed by atoms with Crippen LogP contribution < -0.4 is 5.32 Å². The topological polar surface area (TPSA) is 12.0 Å². The number of hydrogen-bond donors (Lipinski definition) is 1. The number of hydrogen-bond acceptors (Lipinski definition) is 1. The van der Waals surface area contributed by atoms with Crippen LogP contribution in [0.25, 0.3) is 0 Å². The highest BCUT2D eigenvalue weighted by atomic mass is 35.5. The molecule has 0 saturated heterocycles. The number of nitrogens with one attached hydrogen (secondary N) is 1. The lowest BCUT2D eigenvalue weighted by Crippen LogP contribution is -2.25. The molecule has 0 atom stereocenters. The van der Waals surface area contributed by atoms with Crippen molar-refractivity contribution >= 4 is 23.2 Å². The second-order valence-electron chi connectivity index (χ2n) is 5.46. The molecule has 2 rings (SSSR count). The van der Waals surface area contributed by atoms with E-state index < -0.39 is 0 Å². The zero-order valence-electron chi connectivity index (χ0n) is 10.9. The van der Waals surface area contributed by atoms with Gasteiger partial charge in [0.2, 0.25) is 0 Å². The maximum Gasteiger partial charge on any atom is 0.0465 e. The second kappa shape index (κ2) is 6.79. The summed E-state index contributed by atoms with van der Waals surface area (Å²) in [4.78, 5) is 0. The summed E-state index contributed by atoms with van der Waals surface area (Å²) >= 11 is 12.3. The van der Waals surface area contributed by atoms with E-state index in [2.05, 4.69) is 12.2 Å². The van der Waals surface area contributed by atoms with E-state index in [4.69, 9.17) is 23.2 Å². The molecular weight excluding hydrogens is 265 g/mol. The van der Waals surface area contributed by atoms with Crippen LogP contribution in [0.3, 0.4) is 0 Å². The molecule has 18 heavy (non-hydrogen) atoms. The summed E-state index contributed by atoms with van der Waals surface area (Å²) in [5.74, 6) is 1.74. The Hall–Kier alpha value is -0.240. The summed E-state index contributed by atoms with van der Waals surface area (Å²) in [6.45, 7) is 4.20. The van der Waals surface area contributed by atoms with Gasteiger partial charge in [-0.05, 0) is 43.4 Å². The summed E-state index contributed by atoms with van der Waals surface area (Å²) < 4.78 is 0. The van der Waals surface area contributed by atoms with Gasteiger partial charge in [-0.25, -0.2) is 0 Å². The van der Waals surface area contributed by atoms with Gasteiger partial charge in [0.1, 0.15) is 0 Å². The third-order valence-corrected chi connectivity index (χ3v) is 4.64. The fraction of sp³-hybridized carbons (Fsp3) is 0.600. The van der Waals surface area contributed by atoms with Crippen LogP contribution in [0.1, 0.15) is 38.2 Å². The zero-order chi connectivity index (χ0) is 13.0. The van der Waals surface area contributed by atoms with E-state index in [9.17, 15) is 0 Å². The SMILES string of the molecule is CC1CCC(CNCc2c(Cl)cccc2Cl)CC1. The standard InChI is InChI=1S/C15H21Cl2N/c1-11-5-7-12(8-6-11)9-18-10-13-14(16)3-2-4-15(13)17/h2-4,11-12,18H,5-10H2,1H3. The second-order valence-corrected chi connectivity index (χ2v) is 6.27. The maximum atomic E-state index is 6.15. The van der Waals surface area contributed by atoms with Crippen LogP contribution in [-0.4, -0.2) is 6.54 Å². The molecule has 0 bridgehead atoms. The minimum atomic E-state index is 0.757. The van der Waals surface area contributed by atoms with Crippen LogP contribution in [-0.2, 0) is 6.54 Å². The van der Waals surface area contributed by atoms with E-state index in [1.165, 1.54) is 25.7 Å². The molecule has 0 aliphatic heterocycles. The molecule has 1 saturated carbocycles. The van der Waals surface area contributed by atoms with Crippen molar-refractivity contribution in [2.45, 2.75) is 39.2 Å². The Labute approximate surface area is 120 Å². The summed E-state index contributed by atoms with van der Waals surface area (Å²) in [5, 5.41) is 5.01. The molecule has 1 aliphatic carbocycles. The molecule has 100 valence electrons. The Morgan fingerprint density at radius 2 is 1.72 bits per heavy atom. The Morgan fingerprint density at radius 3 is 2.33 bits per heavy atom. The van der Waals surface area contributed by atoms with Gasteiger partial charge in [-0.3, -0.25) is 0 Å². The summed E-state index contributed by atoms with van der Waals surface area (Å²) in [7, 11) is 0. The summed E-state index contributed by atoms with van der Waals surface area (Å²) in [5.41, 5.74) is 1.02. The smallest absolute Gasteiger partial charge is 0.0465 e. The van der Waals surface area contributed by atoms with Crippen molar-refractivity contribution in [2.24, 2.45) is 11.8 Å². The molecule has 0 amide bonds. The van der Waals surface area contributed by atoms with Crippen molar-refractivity contribution in [3.8, 4) is 0 Å². The van der Waals surface area contributed by atoms with Gasteiger partial charge < -0.3 is 5.32 Å². The van der Waals surface area contributed by atoms with Crippen LogP contribution in [0.4, 0.5) is 0 Å². The van der Waals surface area contributed by atoms with E-state index in [0.717, 1.165) is 40.5 Å². The molecule has 1 fully saturated rings. The molecule has 0 heterocycles. The van der Waals surface area contributed by atoms with Gasteiger partial charge in [0.25, 0.3) is 0 Å². The summed E-state index contributed by atoms with van der Waals surface area (Å²) in [6.07, 6.45) is 5.45. The zero-order valence-corrected chi connectivity index (χ0v) is 12.4. The van der Waals surface area contributed by atoms with E-state index in [1.807, 2.05) is 18.2 Å². The average molecular weight is 286 g/mol. The molecule has 1 aromatic rings. The van der Waals surface area contributed by atoms with Gasteiger partial charge in [-0.2, -0.15) is 0 Å². The Kier molecular flexibility index (Phi) is 5.35. The maximum absolute atomic E-state index is 6.15. The van der Waals surface area contributed by atoms with Gasteiger partial charge in [0, 0.05) is 22.2 Å². The first-order chi connectivity index (χ1) is 8.66. The van der Waals surface area contributed by atoms with Crippen molar-refractivity contribution in [3.05, 3.63) is 33.8 Å². The first-order valence-electron chi connectivity index (χ1n) is 6.80. The first-order valence-corrected chi connectivity index (χ1v) is 7.56. The van der Waals surface area contributed by atoms with Crippen LogP contribution in [0.5, 0.6) is 0 Å². The lowest BCUT2D eigenvalue weighted by atomic mass is 9.83. The molecule has 1 aliphatic rings. The third-order valence-electron chi connectivity index (χ3n) is 3.93. The molecule has 1 aromatic carbocycles. The largest absolute Gasteiger partial charge is 0.312 e. The fourth-order valence-electron chi connectivity index (χ4n) is 2.64. The highest BCUT2D eigenvalue weighted by molar-refractivity contribution is 6.35. The van der Waals surface area contributed by atoms with E-state index in [1.54, 1.807) is 0 Å². The molecule has 0 aromatic heterocycles. The van der Waals surface area contributed by atoms with Crippen LogP contribution >= 0.6 is 23.2 Å². The van der Waals surface area contributed by atoms with Crippen molar-refractivity contribution in [3.63, 3.8) is 0 Å². The quantitative estimate of drug-likeness (QED) is 0.829. The Bertz CT molecular complexity index is 364. The highest BCUT2D eigenvalue weighted by Crippen LogP contribution is 2.28. The monoisotopic (exact) mass is 285 g/mol. The van der Waals surface area contributed by atoms with Crippen LogP contribution in [0.15, 0.2) is 18.2 Å². The predicted octanol–water partition coefficient (Wildman–Crippen LogP) is 4.91. The van der Waals surface area contributed by atoms with Crippen molar-refractivity contribution in [1.29, 1.82) is 0 Å². The van der Waals surface area contributed by atoms with Gasteiger partial charge in [-0.15, -0.1) is 0 Å². The van der Waals surface area contributed by atoms with Gasteiger partial charge in [-0.1, -0.05) is 49.0 Å². The molecular formula is C15H21Cl2N. The van der Waals surface area contributed by atoms with E-state index in [0.29, 0.717) is 0 Å². The molecule has 1 nitrogen and oxygen atoms in total.